The van der Waals surface area contributed by atoms with Gasteiger partial charge in [0.2, 0.25) is 0 Å². The molecule has 0 saturated carbocycles. The summed E-state index contributed by atoms with van der Waals surface area (Å²) in [6, 6.07) is 16.1. The zero-order valence-corrected chi connectivity index (χ0v) is 17.9. The van der Waals surface area contributed by atoms with Gasteiger partial charge in [-0.05, 0) is 0 Å². The van der Waals surface area contributed by atoms with Gasteiger partial charge in [-0.15, -0.1) is 0 Å². The first kappa shape index (κ1) is 20.3. The average molecular weight is 477 g/mol. The van der Waals surface area contributed by atoms with Crippen molar-refractivity contribution in [2.45, 2.75) is 6.92 Å². The van der Waals surface area contributed by atoms with Crippen LogP contribution in [0, 0.1) is 11.3 Å². The summed E-state index contributed by atoms with van der Waals surface area (Å²) in [5, 5.41) is 15.2. The summed E-state index contributed by atoms with van der Waals surface area (Å²) < 4.78 is 10.0. The Hall–Kier alpha value is -2.42. The molecule has 1 heterocycles. The van der Waals surface area contributed by atoms with Crippen LogP contribution in [0.3, 0.4) is 0 Å². The van der Waals surface area contributed by atoms with Crippen LogP contribution in [0.1, 0.15) is 16.9 Å². The molecule has 0 N–H and O–H groups in total. The number of hydrogen-bond acceptors (Lipinski definition) is 5. The van der Waals surface area contributed by atoms with Gasteiger partial charge in [-0.3, -0.25) is 0 Å². The number of halogens is 2. The predicted molar refractivity (Wildman–Crippen MR) is 109 cm³/mol. The minimum absolute atomic E-state index is 0.0835. The molecule has 0 aliphatic carbocycles. The third-order valence-corrected chi connectivity index (χ3v) is 5.87. The van der Waals surface area contributed by atoms with Crippen LogP contribution in [-0.2, 0) is 9.53 Å². The van der Waals surface area contributed by atoms with Crippen LogP contribution in [0.4, 0.5) is 0 Å². The molecule has 140 valence electrons. The zero-order chi connectivity index (χ0) is 20.1. The molecule has 3 aromatic rings. The van der Waals surface area contributed by atoms with E-state index in [9.17, 15) is 10.1 Å². The number of nitriles is 1. The zero-order valence-electron chi connectivity index (χ0n) is 14.6. The number of esters is 1. The van der Waals surface area contributed by atoms with Crippen LogP contribution in [-0.4, -0.2) is 36.5 Å². The average Bonchev–Trinajstić information content (AvgIpc) is 3.17. The standard InChI is InChI=1S/C20H13Cl2N3O2Se/c1-2-27-20(26)16(11-23)17(12-3-7-14(21)8-4-12)19-18(24-25-28-19)13-5-9-15(22)10-6-13/h3-10H,2H2,1H3/b17-16-. The molecule has 28 heavy (non-hydrogen) atoms. The number of aromatic nitrogens is 2. The van der Waals surface area contributed by atoms with Crippen molar-refractivity contribution in [3.8, 4) is 17.3 Å². The SMILES string of the molecule is CCOC(=O)/C(C#N)=C(/c1ccc(Cl)cc1)c1[se]nnc1-c1ccc(Cl)cc1. The monoisotopic (exact) mass is 477 g/mol. The van der Waals surface area contributed by atoms with Crippen molar-refractivity contribution in [3.05, 3.63) is 74.2 Å². The molecule has 0 aliphatic rings. The van der Waals surface area contributed by atoms with Crippen molar-refractivity contribution in [1.82, 2.24) is 9.19 Å². The van der Waals surface area contributed by atoms with E-state index in [2.05, 4.69) is 9.19 Å². The van der Waals surface area contributed by atoms with Gasteiger partial charge in [-0.1, -0.05) is 0 Å². The van der Waals surface area contributed by atoms with E-state index in [0.29, 0.717) is 26.9 Å². The molecule has 0 bridgehead atoms. The maximum atomic E-state index is 12.5. The van der Waals surface area contributed by atoms with Gasteiger partial charge < -0.3 is 0 Å². The molecule has 3 rings (SSSR count). The molecule has 0 atom stereocenters. The molecule has 2 aromatic carbocycles. The Morgan fingerprint density at radius 1 is 1.11 bits per heavy atom. The van der Waals surface area contributed by atoms with Gasteiger partial charge in [-0.25, -0.2) is 0 Å². The summed E-state index contributed by atoms with van der Waals surface area (Å²) in [5.74, 6) is -0.680. The van der Waals surface area contributed by atoms with Crippen LogP contribution in [0.15, 0.2) is 54.1 Å². The predicted octanol–water partition coefficient (Wildman–Crippen LogP) is 4.40. The number of hydrogen-bond donors (Lipinski definition) is 0. The minimum atomic E-state index is -0.680. The third kappa shape index (κ3) is 4.35. The van der Waals surface area contributed by atoms with Crippen LogP contribution < -0.4 is 0 Å². The summed E-state index contributed by atoms with van der Waals surface area (Å²) in [7, 11) is 0. The second-order valence-electron chi connectivity index (χ2n) is 5.55. The van der Waals surface area contributed by atoms with Crippen molar-refractivity contribution in [3.63, 3.8) is 0 Å². The van der Waals surface area contributed by atoms with Gasteiger partial charge in [0.15, 0.2) is 0 Å². The van der Waals surface area contributed by atoms with Crippen molar-refractivity contribution in [2.24, 2.45) is 0 Å². The Balaban J connectivity index is 2.26. The van der Waals surface area contributed by atoms with Crippen LogP contribution in [0.5, 0.6) is 0 Å². The number of benzene rings is 2. The van der Waals surface area contributed by atoms with Gasteiger partial charge in [0, 0.05) is 0 Å². The molecule has 0 radical (unpaired) electrons. The van der Waals surface area contributed by atoms with E-state index >= 15 is 0 Å². The number of carbonyl (C=O) groups excluding carboxylic acids is 1. The quantitative estimate of drug-likeness (QED) is 0.236. The van der Waals surface area contributed by atoms with E-state index < -0.39 is 20.7 Å². The van der Waals surface area contributed by atoms with E-state index in [1.165, 1.54) is 0 Å². The van der Waals surface area contributed by atoms with E-state index in [-0.39, 0.29) is 12.2 Å². The number of rotatable bonds is 5. The fourth-order valence-electron chi connectivity index (χ4n) is 2.56. The third-order valence-electron chi connectivity index (χ3n) is 3.81. The summed E-state index contributed by atoms with van der Waals surface area (Å²) in [5.41, 5.74) is 2.46. The Bertz CT molecular complexity index is 1070. The first-order chi connectivity index (χ1) is 13.5. The van der Waals surface area contributed by atoms with E-state index in [1.54, 1.807) is 43.3 Å². The molecule has 5 nitrogen and oxygen atoms in total. The van der Waals surface area contributed by atoms with Crippen LogP contribution >= 0.6 is 23.2 Å². The number of carbonyl (C=O) groups is 1. The summed E-state index contributed by atoms with van der Waals surface area (Å²) in [6.07, 6.45) is 0. The summed E-state index contributed by atoms with van der Waals surface area (Å²) in [4.78, 5) is 12.5. The van der Waals surface area contributed by atoms with Gasteiger partial charge in [-0.2, -0.15) is 0 Å². The molecular weight excluding hydrogens is 464 g/mol. The van der Waals surface area contributed by atoms with Crippen molar-refractivity contribution in [2.75, 3.05) is 6.61 Å². The second-order valence-corrected chi connectivity index (χ2v) is 8.00. The molecular formula is C20H13Cl2N3O2Se. The first-order valence-electron chi connectivity index (χ1n) is 8.21. The van der Waals surface area contributed by atoms with E-state index in [0.717, 1.165) is 10.0 Å². The topological polar surface area (TPSA) is 75.9 Å². The summed E-state index contributed by atoms with van der Waals surface area (Å²) in [6.45, 7) is 1.86. The van der Waals surface area contributed by atoms with Gasteiger partial charge >= 0.3 is 178 Å². The fourth-order valence-corrected chi connectivity index (χ4v) is 4.41. The Labute approximate surface area is 178 Å². The summed E-state index contributed by atoms with van der Waals surface area (Å²) >= 11 is 11.6. The fraction of sp³-hybridized carbons (Fsp3) is 0.100. The number of ether oxygens (including phenoxy) is 1. The molecule has 0 spiro atoms. The Morgan fingerprint density at radius 2 is 1.71 bits per heavy atom. The van der Waals surface area contributed by atoms with E-state index in [4.69, 9.17) is 27.9 Å². The molecule has 8 heteroatoms. The van der Waals surface area contributed by atoms with Gasteiger partial charge in [0.25, 0.3) is 0 Å². The molecule has 0 unspecified atom stereocenters. The Kier molecular flexibility index (Phi) is 6.66. The van der Waals surface area contributed by atoms with Crippen molar-refractivity contribution < 1.29 is 9.53 Å². The molecule has 0 amide bonds. The van der Waals surface area contributed by atoms with Gasteiger partial charge in [0.05, 0.1) is 0 Å². The maximum absolute atomic E-state index is 12.5. The Morgan fingerprint density at radius 3 is 2.29 bits per heavy atom. The van der Waals surface area contributed by atoms with Gasteiger partial charge in [0.1, 0.15) is 0 Å². The molecule has 1 aromatic heterocycles. The number of nitrogens with zero attached hydrogens (tertiary/aromatic N) is 3. The van der Waals surface area contributed by atoms with Crippen molar-refractivity contribution in [1.29, 1.82) is 5.26 Å². The second kappa shape index (κ2) is 9.18. The molecule has 0 fully saturated rings. The normalized spacial score (nSPS) is 11.5. The molecule has 0 aliphatic heterocycles. The molecule has 0 saturated heterocycles. The van der Waals surface area contributed by atoms with Crippen LogP contribution in [0.2, 0.25) is 10.0 Å². The first-order valence-corrected chi connectivity index (χ1v) is 10.6. The van der Waals surface area contributed by atoms with Crippen LogP contribution in [0.25, 0.3) is 16.8 Å². The van der Waals surface area contributed by atoms with E-state index in [1.807, 2.05) is 18.2 Å². The van der Waals surface area contributed by atoms with Crippen molar-refractivity contribution >= 4 is 49.5 Å².